The zero-order valence-electron chi connectivity index (χ0n) is 10.4. The van der Waals surface area contributed by atoms with Gasteiger partial charge in [-0.15, -0.1) is 0 Å². The molecule has 98 valence electrons. The van der Waals surface area contributed by atoms with Gasteiger partial charge in [-0.25, -0.2) is 0 Å². The van der Waals surface area contributed by atoms with Gasteiger partial charge in [-0.3, -0.25) is 4.79 Å². The van der Waals surface area contributed by atoms with E-state index in [9.17, 15) is 4.79 Å². The Labute approximate surface area is 129 Å². The molecule has 3 aromatic rings. The van der Waals surface area contributed by atoms with Gasteiger partial charge in [0.15, 0.2) is 0 Å². The first-order chi connectivity index (χ1) is 9.72. The maximum Gasteiger partial charge on any atom is 0.255 e. The Balaban J connectivity index is 1.86. The Kier molecular flexibility index (Phi) is 3.60. The molecule has 1 aromatic heterocycles. The highest BCUT2D eigenvalue weighted by Crippen LogP contribution is 2.16. The summed E-state index contributed by atoms with van der Waals surface area (Å²) in [7, 11) is 0. The molecule has 1 N–H and O–H groups in total. The van der Waals surface area contributed by atoms with E-state index in [1.807, 2.05) is 36.4 Å². The maximum absolute atomic E-state index is 12.2. The number of rotatable bonds is 2. The number of amides is 1. The fourth-order valence-electron chi connectivity index (χ4n) is 1.87. The molecule has 1 heterocycles. The van der Waals surface area contributed by atoms with Crippen molar-refractivity contribution >= 4 is 45.0 Å². The predicted octanol–water partition coefficient (Wildman–Crippen LogP) is 3.49. The van der Waals surface area contributed by atoms with Crippen LogP contribution in [-0.2, 0) is 0 Å². The van der Waals surface area contributed by atoms with Crippen LogP contribution in [0.4, 0.5) is 5.69 Å². The lowest BCUT2D eigenvalue weighted by Gasteiger charge is -2.06. The highest BCUT2D eigenvalue weighted by molar-refractivity contribution is 14.1. The van der Waals surface area contributed by atoms with E-state index < -0.39 is 0 Å². The molecule has 1 amide bonds. The normalized spacial score (nSPS) is 10.4. The van der Waals surface area contributed by atoms with E-state index in [0.29, 0.717) is 5.56 Å². The predicted molar refractivity (Wildman–Crippen MR) is 86.7 cm³/mol. The SMILES string of the molecule is O=C(Nc1ccc(I)cc1)c1ccc2cnncc2c1. The molecule has 3 rings (SSSR count). The van der Waals surface area contributed by atoms with E-state index in [1.54, 1.807) is 18.5 Å². The average molecular weight is 375 g/mol. The van der Waals surface area contributed by atoms with E-state index >= 15 is 0 Å². The van der Waals surface area contributed by atoms with E-state index in [-0.39, 0.29) is 5.91 Å². The summed E-state index contributed by atoms with van der Waals surface area (Å²) in [6.45, 7) is 0. The molecule has 0 aliphatic rings. The van der Waals surface area contributed by atoms with E-state index in [4.69, 9.17) is 0 Å². The van der Waals surface area contributed by atoms with Crippen molar-refractivity contribution in [2.75, 3.05) is 5.32 Å². The molecule has 0 spiro atoms. The average Bonchev–Trinajstić information content (AvgIpc) is 2.49. The molecule has 5 heteroatoms. The molecule has 0 saturated heterocycles. The molecule has 0 atom stereocenters. The number of aromatic nitrogens is 2. The lowest BCUT2D eigenvalue weighted by atomic mass is 10.1. The number of fused-ring (bicyclic) bond motifs is 1. The lowest BCUT2D eigenvalue weighted by Crippen LogP contribution is -2.11. The van der Waals surface area contributed by atoms with Gasteiger partial charge in [0, 0.05) is 25.6 Å². The summed E-state index contributed by atoms with van der Waals surface area (Å²) >= 11 is 2.23. The van der Waals surface area contributed by atoms with E-state index in [2.05, 4.69) is 38.1 Å². The Morgan fingerprint density at radius 2 is 1.65 bits per heavy atom. The van der Waals surface area contributed by atoms with E-state index in [0.717, 1.165) is 20.0 Å². The Bertz CT molecular complexity index is 771. The molecule has 0 saturated carbocycles. The first-order valence-corrected chi connectivity index (χ1v) is 7.08. The van der Waals surface area contributed by atoms with Gasteiger partial charge < -0.3 is 5.32 Å². The minimum atomic E-state index is -0.134. The van der Waals surface area contributed by atoms with Crippen molar-refractivity contribution in [1.29, 1.82) is 0 Å². The summed E-state index contributed by atoms with van der Waals surface area (Å²) < 4.78 is 1.13. The number of nitrogens with zero attached hydrogens (tertiary/aromatic N) is 2. The molecule has 0 bridgehead atoms. The first kappa shape index (κ1) is 13.0. The van der Waals surface area contributed by atoms with Crippen molar-refractivity contribution in [2.24, 2.45) is 0 Å². The smallest absolute Gasteiger partial charge is 0.255 e. The van der Waals surface area contributed by atoms with Crippen LogP contribution in [0.2, 0.25) is 0 Å². The van der Waals surface area contributed by atoms with Crippen LogP contribution in [-0.4, -0.2) is 16.1 Å². The van der Waals surface area contributed by atoms with Crippen LogP contribution < -0.4 is 5.32 Å². The Morgan fingerprint density at radius 1 is 0.950 bits per heavy atom. The topological polar surface area (TPSA) is 54.9 Å². The zero-order valence-corrected chi connectivity index (χ0v) is 12.5. The molecule has 0 fully saturated rings. The van der Waals surface area contributed by atoms with E-state index in [1.165, 1.54) is 0 Å². The highest BCUT2D eigenvalue weighted by atomic mass is 127. The summed E-state index contributed by atoms with van der Waals surface area (Å²) in [5, 5.41) is 12.4. The fraction of sp³-hybridized carbons (Fsp3) is 0. The first-order valence-electron chi connectivity index (χ1n) is 6.00. The van der Waals surface area contributed by atoms with Crippen LogP contribution in [0.15, 0.2) is 54.9 Å². The number of halogens is 1. The molecule has 20 heavy (non-hydrogen) atoms. The number of benzene rings is 2. The standard InChI is InChI=1S/C15H10IN3O/c16-13-3-5-14(6-4-13)19-15(20)10-1-2-11-8-17-18-9-12(11)7-10/h1-9H,(H,19,20). The van der Waals surface area contributed by atoms with Crippen molar-refractivity contribution in [3.8, 4) is 0 Å². The Hall–Kier alpha value is -2.02. The molecular weight excluding hydrogens is 365 g/mol. The largest absolute Gasteiger partial charge is 0.322 e. The second kappa shape index (κ2) is 5.54. The molecule has 2 aromatic carbocycles. The molecule has 0 radical (unpaired) electrons. The lowest BCUT2D eigenvalue weighted by molar-refractivity contribution is 0.102. The quantitative estimate of drug-likeness (QED) is 0.698. The highest BCUT2D eigenvalue weighted by Gasteiger charge is 2.07. The van der Waals surface area contributed by atoms with Gasteiger partial charge in [0.25, 0.3) is 5.91 Å². The van der Waals surface area contributed by atoms with Gasteiger partial charge in [0.05, 0.1) is 12.4 Å². The molecule has 0 aliphatic carbocycles. The summed E-state index contributed by atoms with van der Waals surface area (Å²) in [6, 6.07) is 13.1. The minimum Gasteiger partial charge on any atom is -0.322 e. The van der Waals surface area contributed by atoms with Crippen molar-refractivity contribution in [3.05, 3.63) is 64.0 Å². The summed E-state index contributed by atoms with van der Waals surface area (Å²) in [4.78, 5) is 12.2. The maximum atomic E-state index is 12.2. The van der Waals surface area contributed by atoms with Crippen LogP contribution in [0.25, 0.3) is 10.8 Å². The van der Waals surface area contributed by atoms with Crippen LogP contribution >= 0.6 is 22.6 Å². The summed E-state index contributed by atoms with van der Waals surface area (Å²) in [5.41, 5.74) is 1.38. The number of hydrogen-bond acceptors (Lipinski definition) is 3. The number of carbonyl (C=O) groups excluding carboxylic acids is 1. The van der Waals surface area contributed by atoms with Gasteiger partial charge in [0.2, 0.25) is 0 Å². The zero-order chi connectivity index (χ0) is 13.9. The molecular formula is C15H10IN3O. The van der Waals surface area contributed by atoms with Crippen molar-refractivity contribution < 1.29 is 4.79 Å². The third-order valence-corrected chi connectivity index (χ3v) is 3.63. The third kappa shape index (κ3) is 2.77. The van der Waals surface area contributed by atoms with Gasteiger partial charge in [-0.1, -0.05) is 6.07 Å². The summed E-state index contributed by atoms with van der Waals surface area (Å²) in [6.07, 6.45) is 3.33. The number of anilines is 1. The molecule has 0 unspecified atom stereocenters. The number of hydrogen-bond donors (Lipinski definition) is 1. The third-order valence-electron chi connectivity index (χ3n) is 2.91. The molecule has 0 aliphatic heterocycles. The number of nitrogens with one attached hydrogen (secondary N) is 1. The van der Waals surface area contributed by atoms with Crippen LogP contribution in [0.5, 0.6) is 0 Å². The fourth-order valence-corrected chi connectivity index (χ4v) is 2.23. The van der Waals surface area contributed by atoms with Crippen molar-refractivity contribution in [3.63, 3.8) is 0 Å². The number of carbonyl (C=O) groups is 1. The van der Waals surface area contributed by atoms with Gasteiger partial charge in [-0.05, 0) is 59.0 Å². The van der Waals surface area contributed by atoms with Crippen molar-refractivity contribution in [1.82, 2.24) is 10.2 Å². The van der Waals surface area contributed by atoms with Crippen molar-refractivity contribution in [2.45, 2.75) is 0 Å². The van der Waals surface area contributed by atoms with Crippen LogP contribution in [0, 0.1) is 3.57 Å². The van der Waals surface area contributed by atoms with Gasteiger partial charge in [-0.2, -0.15) is 10.2 Å². The van der Waals surface area contributed by atoms with Gasteiger partial charge >= 0.3 is 0 Å². The second-order valence-electron chi connectivity index (χ2n) is 4.29. The van der Waals surface area contributed by atoms with Crippen LogP contribution in [0.1, 0.15) is 10.4 Å². The van der Waals surface area contributed by atoms with Gasteiger partial charge in [0.1, 0.15) is 0 Å². The Morgan fingerprint density at radius 3 is 2.40 bits per heavy atom. The van der Waals surface area contributed by atoms with Crippen LogP contribution in [0.3, 0.4) is 0 Å². The summed E-state index contributed by atoms with van der Waals surface area (Å²) in [5.74, 6) is -0.134. The monoisotopic (exact) mass is 375 g/mol. The second-order valence-corrected chi connectivity index (χ2v) is 5.54. The molecule has 4 nitrogen and oxygen atoms in total. The minimum absolute atomic E-state index is 0.134.